The molecule has 1 aliphatic rings. The van der Waals surface area contributed by atoms with Crippen molar-refractivity contribution in [3.8, 4) is 11.5 Å². The maximum Gasteiger partial charge on any atom is 0.416 e. The molecule has 0 spiro atoms. The lowest BCUT2D eigenvalue weighted by Gasteiger charge is -2.32. The smallest absolute Gasteiger partial charge is 0.416 e. The molecule has 5 rings (SSSR count). The van der Waals surface area contributed by atoms with Gasteiger partial charge in [0.05, 0.1) is 11.1 Å². The first-order valence-corrected chi connectivity index (χ1v) is 14.3. The molecule has 1 N–H and O–H groups in total. The molecule has 0 aromatic heterocycles. The number of nitrogens with one attached hydrogen (secondary N) is 1. The molecule has 224 valence electrons. The Bertz CT molecular complexity index is 1620. The van der Waals surface area contributed by atoms with E-state index in [0.29, 0.717) is 28.4 Å². The minimum atomic E-state index is -4.41. The first kappa shape index (κ1) is 30.0. The van der Waals surface area contributed by atoms with Crippen molar-refractivity contribution in [1.29, 1.82) is 0 Å². The van der Waals surface area contributed by atoms with Gasteiger partial charge in [0, 0.05) is 53.3 Å². The predicted octanol–water partition coefficient (Wildman–Crippen LogP) is 9.54. The van der Waals surface area contributed by atoms with Gasteiger partial charge in [-0.3, -0.25) is 0 Å². The molecule has 4 aromatic carbocycles. The molecule has 0 saturated heterocycles. The van der Waals surface area contributed by atoms with Crippen molar-refractivity contribution in [3.05, 3.63) is 113 Å². The number of hydrogen-bond donors (Lipinski definition) is 1. The van der Waals surface area contributed by atoms with Gasteiger partial charge in [0.25, 0.3) is 0 Å². The zero-order valence-electron chi connectivity index (χ0n) is 24.9. The van der Waals surface area contributed by atoms with Gasteiger partial charge in [0.15, 0.2) is 0 Å². The zero-order valence-corrected chi connectivity index (χ0v) is 24.9. The summed E-state index contributed by atoms with van der Waals surface area (Å²) in [5.74, 6) is 0.537. The van der Waals surface area contributed by atoms with E-state index in [-0.39, 0.29) is 5.92 Å². The van der Waals surface area contributed by atoms with Crippen LogP contribution in [0.3, 0.4) is 0 Å². The minimum absolute atomic E-state index is 0.373. The zero-order chi connectivity index (χ0) is 30.9. The standard InChI is InChI=1S/C35H35F3N2O3/c1-6-40(7-2)25-17-18-28-31(21-25)42-30-19-16-24(39-23-14-12-22(13-15-23)35(36,37)38)20-29(30)32(28)26-10-8-9-11-27(26)33(41)43-34(3,4)5/h8-21,32,39H,6-7H2,1-5H3. The summed E-state index contributed by atoms with van der Waals surface area (Å²) in [7, 11) is 0. The number of rotatable bonds is 7. The van der Waals surface area contributed by atoms with E-state index in [9.17, 15) is 18.0 Å². The van der Waals surface area contributed by atoms with E-state index in [0.717, 1.165) is 47.6 Å². The Morgan fingerprint density at radius 1 is 0.814 bits per heavy atom. The molecule has 4 aromatic rings. The summed E-state index contributed by atoms with van der Waals surface area (Å²) in [6, 6.07) is 24.0. The summed E-state index contributed by atoms with van der Waals surface area (Å²) in [4.78, 5) is 15.7. The van der Waals surface area contributed by atoms with E-state index in [1.54, 1.807) is 6.07 Å². The predicted molar refractivity (Wildman–Crippen MR) is 164 cm³/mol. The van der Waals surface area contributed by atoms with Crippen molar-refractivity contribution in [2.45, 2.75) is 52.3 Å². The monoisotopic (exact) mass is 588 g/mol. The average Bonchev–Trinajstić information content (AvgIpc) is 2.95. The van der Waals surface area contributed by atoms with E-state index in [4.69, 9.17) is 9.47 Å². The van der Waals surface area contributed by atoms with Gasteiger partial charge in [0.2, 0.25) is 0 Å². The highest BCUT2D eigenvalue weighted by atomic mass is 19.4. The van der Waals surface area contributed by atoms with E-state index in [1.807, 2.05) is 69.3 Å². The summed E-state index contributed by atoms with van der Waals surface area (Å²) < 4.78 is 51.5. The van der Waals surface area contributed by atoms with E-state index in [1.165, 1.54) is 12.1 Å². The molecule has 1 unspecified atom stereocenters. The van der Waals surface area contributed by atoms with Gasteiger partial charge in [-0.1, -0.05) is 24.3 Å². The van der Waals surface area contributed by atoms with Crippen LogP contribution in [-0.4, -0.2) is 24.7 Å². The van der Waals surface area contributed by atoms with E-state index in [2.05, 4.69) is 30.1 Å². The minimum Gasteiger partial charge on any atom is -0.457 e. The molecule has 1 aliphatic heterocycles. The number of nitrogens with zero attached hydrogens (tertiary/aromatic N) is 1. The van der Waals surface area contributed by atoms with Gasteiger partial charge in [-0.2, -0.15) is 13.2 Å². The van der Waals surface area contributed by atoms with Crippen molar-refractivity contribution in [2.24, 2.45) is 0 Å². The fraction of sp³-hybridized carbons (Fsp3) is 0.286. The number of carbonyl (C=O) groups excluding carboxylic acids is 1. The lowest BCUT2D eigenvalue weighted by molar-refractivity contribution is -0.137. The normalized spacial score (nSPS) is 14.3. The lowest BCUT2D eigenvalue weighted by Crippen LogP contribution is -2.25. The molecule has 43 heavy (non-hydrogen) atoms. The number of carbonyl (C=O) groups is 1. The summed E-state index contributed by atoms with van der Waals surface area (Å²) in [5.41, 5.74) is 3.77. The maximum atomic E-state index is 13.4. The van der Waals surface area contributed by atoms with Gasteiger partial charge in [-0.25, -0.2) is 4.79 Å². The second-order valence-electron chi connectivity index (χ2n) is 11.5. The summed E-state index contributed by atoms with van der Waals surface area (Å²) in [6.07, 6.45) is -4.41. The molecule has 0 fully saturated rings. The molecule has 5 nitrogen and oxygen atoms in total. The number of hydrogen-bond acceptors (Lipinski definition) is 5. The van der Waals surface area contributed by atoms with Crippen LogP contribution in [0.15, 0.2) is 84.9 Å². The highest BCUT2D eigenvalue weighted by molar-refractivity contribution is 5.92. The Labute approximate surface area is 250 Å². The number of anilines is 3. The largest absolute Gasteiger partial charge is 0.457 e. The van der Waals surface area contributed by atoms with Crippen LogP contribution in [0.5, 0.6) is 11.5 Å². The van der Waals surface area contributed by atoms with Crippen LogP contribution < -0.4 is 15.0 Å². The Hall–Kier alpha value is -4.46. The number of ether oxygens (including phenoxy) is 2. The average molecular weight is 589 g/mol. The van der Waals surface area contributed by atoms with Gasteiger partial charge in [0.1, 0.15) is 17.1 Å². The molecular formula is C35H35F3N2O3. The second-order valence-corrected chi connectivity index (χ2v) is 11.5. The third-order valence-corrected chi connectivity index (χ3v) is 7.37. The molecule has 1 heterocycles. The van der Waals surface area contributed by atoms with Gasteiger partial charge in [-0.05, 0) is 94.8 Å². The Balaban J connectivity index is 1.61. The molecule has 1 atom stereocenters. The van der Waals surface area contributed by atoms with Crippen LogP contribution in [0.1, 0.15) is 73.1 Å². The van der Waals surface area contributed by atoms with Crippen molar-refractivity contribution in [3.63, 3.8) is 0 Å². The topological polar surface area (TPSA) is 50.8 Å². The number of alkyl halides is 3. The second kappa shape index (κ2) is 11.7. The fourth-order valence-corrected chi connectivity index (χ4v) is 5.38. The number of fused-ring (bicyclic) bond motifs is 2. The van der Waals surface area contributed by atoms with Crippen LogP contribution in [0.4, 0.5) is 30.2 Å². The maximum absolute atomic E-state index is 13.4. The van der Waals surface area contributed by atoms with Crippen molar-refractivity contribution in [1.82, 2.24) is 0 Å². The molecule has 0 amide bonds. The third kappa shape index (κ3) is 6.48. The Morgan fingerprint density at radius 3 is 2.14 bits per heavy atom. The molecule has 8 heteroatoms. The van der Waals surface area contributed by atoms with Crippen molar-refractivity contribution in [2.75, 3.05) is 23.3 Å². The van der Waals surface area contributed by atoms with Crippen LogP contribution in [0.25, 0.3) is 0 Å². The van der Waals surface area contributed by atoms with Gasteiger partial charge >= 0.3 is 12.1 Å². The molecule has 0 saturated carbocycles. The quantitative estimate of drug-likeness (QED) is 0.192. The highest BCUT2D eigenvalue weighted by Crippen LogP contribution is 2.50. The summed E-state index contributed by atoms with van der Waals surface area (Å²) >= 11 is 0. The molecule has 0 bridgehead atoms. The van der Waals surface area contributed by atoms with E-state index < -0.39 is 23.3 Å². The van der Waals surface area contributed by atoms with Crippen LogP contribution >= 0.6 is 0 Å². The number of esters is 1. The lowest BCUT2D eigenvalue weighted by atomic mass is 9.80. The van der Waals surface area contributed by atoms with Crippen LogP contribution in [0.2, 0.25) is 0 Å². The third-order valence-electron chi connectivity index (χ3n) is 7.37. The summed E-state index contributed by atoms with van der Waals surface area (Å²) in [5, 5.41) is 3.22. The van der Waals surface area contributed by atoms with Gasteiger partial charge < -0.3 is 19.7 Å². The SMILES string of the molecule is CCN(CC)c1ccc2c(c1)Oc1ccc(Nc3ccc(C(F)(F)F)cc3)cc1C2c1ccccc1C(=O)OC(C)(C)C. The highest BCUT2D eigenvalue weighted by Gasteiger charge is 2.33. The van der Waals surface area contributed by atoms with Crippen molar-refractivity contribution >= 4 is 23.0 Å². The van der Waals surface area contributed by atoms with Gasteiger partial charge in [-0.15, -0.1) is 0 Å². The summed E-state index contributed by atoms with van der Waals surface area (Å²) in [6.45, 7) is 11.4. The number of benzene rings is 4. The first-order valence-electron chi connectivity index (χ1n) is 14.3. The first-order chi connectivity index (χ1) is 20.4. The molecule has 0 radical (unpaired) electrons. The Kier molecular flexibility index (Phi) is 8.14. The van der Waals surface area contributed by atoms with Crippen LogP contribution in [-0.2, 0) is 10.9 Å². The Morgan fingerprint density at radius 2 is 1.49 bits per heavy atom. The van der Waals surface area contributed by atoms with Crippen LogP contribution in [0, 0.1) is 0 Å². The molecular weight excluding hydrogens is 553 g/mol. The van der Waals surface area contributed by atoms with E-state index >= 15 is 0 Å². The van der Waals surface area contributed by atoms with Crippen molar-refractivity contribution < 1.29 is 27.4 Å². The fourth-order valence-electron chi connectivity index (χ4n) is 5.38. The number of halogens is 3. The molecule has 0 aliphatic carbocycles.